The molecule has 0 fully saturated rings. The Kier molecular flexibility index (Phi) is 5.02. The van der Waals surface area contributed by atoms with E-state index in [4.69, 9.17) is 0 Å². The molecule has 26 heavy (non-hydrogen) atoms. The average molecular weight is 351 g/mol. The summed E-state index contributed by atoms with van der Waals surface area (Å²) in [6.07, 6.45) is 0.361. The van der Waals surface area contributed by atoms with Gasteiger partial charge in [0.1, 0.15) is 12.1 Å². The lowest BCUT2D eigenvalue weighted by Crippen LogP contribution is -2.30. The van der Waals surface area contributed by atoms with Crippen molar-refractivity contribution in [2.24, 2.45) is 0 Å². The fraction of sp³-hybridized carbons (Fsp3) is 0.167. The second-order valence-corrected chi connectivity index (χ2v) is 5.60. The van der Waals surface area contributed by atoms with E-state index in [0.717, 1.165) is 4.68 Å². The van der Waals surface area contributed by atoms with Gasteiger partial charge in [-0.25, -0.2) is 4.68 Å². The zero-order chi connectivity index (χ0) is 18.5. The van der Waals surface area contributed by atoms with Crippen LogP contribution in [0.5, 0.6) is 0 Å². The number of aromatic nitrogens is 3. The summed E-state index contributed by atoms with van der Waals surface area (Å²) >= 11 is 0. The highest BCUT2D eigenvalue weighted by Crippen LogP contribution is 2.15. The summed E-state index contributed by atoms with van der Waals surface area (Å²) < 4.78 is 1.01. The summed E-state index contributed by atoms with van der Waals surface area (Å²) in [5, 5.41) is 13.5. The van der Waals surface area contributed by atoms with E-state index in [9.17, 15) is 14.4 Å². The minimum atomic E-state index is -0.421. The molecule has 3 aromatic rings. The van der Waals surface area contributed by atoms with Crippen LogP contribution in [0.25, 0.3) is 10.9 Å². The van der Waals surface area contributed by atoms with Gasteiger partial charge in [-0.15, -0.1) is 5.10 Å². The molecule has 1 heterocycles. The standard InChI is InChI=1S/C18H17N5O3/c1-2-16(24)19-12-6-5-7-13(10-12)20-17(25)11-23-18(26)14-8-3-4-9-15(14)21-22-23/h3-10H,2,11H2,1H3,(H,19,24)(H,20,25). The molecule has 0 unspecified atom stereocenters. The van der Waals surface area contributed by atoms with E-state index in [0.29, 0.717) is 28.7 Å². The van der Waals surface area contributed by atoms with Gasteiger partial charge < -0.3 is 10.6 Å². The lowest BCUT2D eigenvalue weighted by Gasteiger charge is -2.09. The summed E-state index contributed by atoms with van der Waals surface area (Å²) in [4.78, 5) is 36.0. The van der Waals surface area contributed by atoms with Gasteiger partial charge in [-0.05, 0) is 30.3 Å². The lowest BCUT2D eigenvalue weighted by atomic mass is 10.2. The molecule has 2 amide bonds. The Bertz CT molecular complexity index is 1030. The average Bonchev–Trinajstić information content (AvgIpc) is 2.64. The minimum Gasteiger partial charge on any atom is -0.326 e. The van der Waals surface area contributed by atoms with Crippen LogP contribution in [-0.4, -0.2) is 26.8 Å². The highest BCUT2D eigenvalue weighted by atomic mass is 16.2. The molecule has 0 aliphatic heterocycles. The molecular weight excluding hydrogens is 334 g/mol. The molecule has 132 valence electrons. The van der Waals surface area contributed by atoms with Crippen LogP contribution in [0.2, 0.25) is 0 Å². The predicted octanol–water partition coefficient (Wildman–Crippen LogP) is 1.78. The maximum Gasteiger partial charge on any atom is 0.278 e. The third-order valence-electron chi connectivity index (χ3n) is 3.67. The predicted molar refractivity (Wildman–Crippen MR) is 97.8 cm³/mol. The number of hydrogen-bond acceptors (Lipinski definition) is 5. The van der Waals surface area contributed by atoms with Crippen LogP contribution in [0, 0.1) is 0 Å². The number of carbonyl (C=O) groups excluding carboxylic acids is 2. The fourth-order valence-corrected chi connectivity index (χ4v) is 2.39. The van der Waals surface area contributed by atoms with Gasteiger partial charge in [0.15, 0.2) is 0 Å². The Labute approximate surface area is 148 Å². The Morgan fingerprint density at radius 2 is 1.69 bits per heavy atom. The summed E-state index contributed by atoms with van der Waals surface area (Å²) in [5.41, 5.74) is 1.19. The molecule has 0 saturated carbocycles. The van der Waals surface area contributed by atoms with Gasteiger partial charge in [0.05, 0.1) is 5.39 Å². The van der Waals surface area contributed by atoms with Gasteiger partial charge in [-0.1, -0.05) is 30.3 Å². The molecule has 8 heteroatoms. The number of benzene rings is 2. The third kappa shape index (κ3) is 3.92. The molecule has 0 aliphatic rings. The molecule has 0 atom stereocenters. The van der Waals surface area contributed by atoms with Crippen molar-refractivity contribution < 1.29 is 9.59 Å². The van der Waals surface area contributed by atoms with E-state index in [-0.39, 0.29) is 18.0 Å². The van der Waals surface area contributed by atoms with Gasteiger partial charge in [0.2, 0.25) is 11.8 Å². The molecule has 3 rings (SSSR count). The van der Waals surface area contributed by atoms with Crippen LogP contribution in [0.15, 0.2) is 53.3 Å². The molecular formula is C18H17N5O3. The van der Waals surface area contributed by atoms with Gasteiger partial charge >= 0.3 is 0 Å². The SMILES string of the molecule is CCC(=O)Nc1cccc(NC(=O)Cn2nnc3ccccc3c2=O)c1. The van der Waals surface area contributed by atoms with Crippen molar-refractivity contribution in [3.63, 3.8) is 0 Å². The smallest absolute Gasteiger partial charge is 0.278 e. The van der Waals surface area contributed by atoms with Crippen LogP contribution < -0.4 is 16.2 Å². The molecule has 2 aromatic carbocycles. The number of anilines is 2. The van der Waals surface area contributed by atoms with Crippen molar-refractivity contribution in [3.8, 4) is 0 Å². The number of amides is 2. The molecule has 0 radical (unpaired) electrons. The van der Waals surface area contributed by atoms with Crippen LogP contribution in [0.1, 0.15) is 13.3 Å². The molecule has 2 N–H and O–H groups in total. The van der Waals surface area contributed by atoms with Crippen LogP contribution in [-0.2, 0) is 16.1 Å². The van der Waals surface area contributed by atoms with E-state index in [2.05, 4.69) is 20.9 Å². The van der Waals surface area contributed by atoms with Crippen LogP contribution >= 0.6 is 0 Å². The Morgan fingerprint density at radius 1 is 1.00 bits per heavy atom. The number of hydrogen-bond donors (Lipinski definition) is 2. The Morgan fingerprint density at radius 3 is 2.42 bits per heavy atom. The zero-order valence-electron chi connectivity index (χ0n) is 14.1. The topological polar surface area (TPSA) is 106 Å². The fourth-order valence-electron chi connectivity index (χ4n) is 2.39. The first-order valence-corrected chi connectivity index (χ1v) is 8.09. The van der Waals surface area contributed by atoms with Crippen LogP contribution in [0.4, 0.5) is 11.4 Å². The van der Waals surface area contributed by atoms with E-state index in [1.807, 2.05) is 0 Å². The van der Waals surface area contributed by atoms with E-state index < -0.39 is 5.91 Å². The molecule has 8 nitrogen and oxygen atoms in total. The largest absolute Gasteiger partial charge is 0.326 e. The van der Waals surface area contributed by atoms with Crippen molar-refractivity contribution in [2.75, 3.05) is 10.6 Å². The Balaban J connectivity index is 1.73. The zero-order valence-corrected chi connectivity index (χ0v) is 14.1. The molecule has 0 bridgehead atoms. The van der Waals surface area contributed by atoms with E-state index in [1.165, 1.54) is 0 Å². The van der Waals surface area contributed by atoms with E-state index in [1.54, 1.807) is 55.5 Å². The summed E-state index contributed by atoms with van der Waals surface area (Å²) in [6, 6.07) is 13.6. The highest BCUT2D eigenvalue weighted by Gasteiger charge is 2.10. The number of carbonyl (C=O) groups is 2. The van der Waals surface area contributed by atoms with Gasteiger partial charge in [0.25, 0.3) is 5.56 Å². The first kappa shape index (κ1) is 17.3. The highest BCUT2D eigenvalue weighted by molar-refractivity contribution is 5.94. The maximum absolute atomic E-state index is 12.4. The normalized spacial score (nSPS) is 10.5. The van der Waals surface area contributed by atoms with Gasteiger partial charge in [-0.2, -0.15) is 0 Å². The first-order chi connectivity index (χ1) is 12.6. The summed E-state index contributed by atoms with van der Waals surface area (Å²) in [6.45, 7) is 1.49. The van der Waals surface area contributed by atoms with Gasteiger partial charge in [0, 0.05) is 17.8 Å². The number of nitrogens with zero attached hydrogens (tertiary/aromatic N) is 3. The lowest BCUT2D eigenvalue weighted by molar-refractivity contribution is -0.117. The quantitative estimate of drug-likeness (QED) is 0.729. The number of nitrogens with one attached hydrogen (secondary N) is 2. The van der Waals surface area contributed by atoms with Crippen molar-refractivity contribution >= 4 is 34.1 Å². The number of fused-ring (bicyclic) bond motifs is 1. The van der Waals surface area contributed by atoms with Gasteiger partial charge in [-0.3, -0.25) is 14.4 Å². The third-order valence-corrected chi connectivity index (χ3v) is 3.67. The minimum absolute atomic E-state index is 0.119. The van der Waals surface area contributed by atoms with Crippen molar-refractivity contribution in [3.05, 3.63) is 58.9 Å². The van der Waals surface area contributed by atoms with Crippen LogP contribution in [0.3, 0.4) is 0 Å². The van der Waals surface area contributed by atoms with E-state index >= 15 is 0 Å². The second-order valence-electron chi connectivity index (χ2n) is 5.60. The van der Waals surface area contributed by atoms with Crippen molar-refractivity contribution in [1.29, 1.82) is 0 Å². The second kappa shape index (κ2) is 7.56. The molecule has 1 aromatic heterocycles. The molecule has 0 spiro atoms. The summed E-state index contributed by atoms with van der Waals surface area (Å²) in [5.74, 6) is -0.540. The maximum atomic E-state index is 12.4. The van der Waals surface area contributed by atoms with Crippen molar-refractivity contribution in [1.82, 2.24) is 15.0 Å². The van der Waals surface area contributed by atoms with Crippen molar-refractivity contribution in [2.45, 2.75) is 19.9 Å². The summed E-state index contributed by atoms with van der Waals surface area (Å²) in [7, 11) is 0. The Hall–Kier alpha value is -3.55. The number of rotatable bonds is 5. The molecule has 0 saturated heterocycles. The monoisotopic (exact) mass is 351 g/mol. The molecule has 0 aliphatic carbocycles. The first-order valence-electron chi connectivity index (χ1n) is 8.09.